The lowest BCUT2D eigenvalue weighted by molar-refractivity contribution is -0.137. The topological polar surface area (TPSA) is 95.3 Å². The van der Waals surface area contributed by atoms with E-state index in [0.29, 0.717) is 12.1 Å². The van der Waals surface area contributed by atoms with Crippen LogP contribution in [0.25, 0.3) is 11.5 Å². The molecule has 11 heteroatoms. The fraction of sp³-hybridized carbons (Fsp3) is 0.476. The van der Waals surface area contributed by atoms with Gasteiger partial charge in [-0.2, -0.15) is 18.2 Å². The van der Waals surface area contributed by atoms with Crippen LogP contribution in [0.5, 0.6) is 0 Å². The molecule has 4 heterocycles. The Kier molecular flexibility index (Phi) is 5.17. The van der Waals surface area contributed by atoms with E-state index in [4.69, 9.17) is 4.52 Å². The lowest BCUT2D eigenvalue weighted by Crippen LogP contribution is -2.54. The van der Waals surface area contributed by atoms with Crippen LogP contribution in [-0.2, 0) is 11.0 Å². The quantitative estimate of drug-likeness (QED) is 0.663. The molecule has 3 N–H and O–H groups in total. The zero-order valence-corrected chi connectivity index (χ0v) is 17.4. The van der Waals surface area contributed by atoms with Crippen molar-refractivity contribution in [2.45, 2.75) is 38.0 Å². The van der Waals surface area contributed by atoms with Crippen LogP contribution in [0.3, 0.4) is 0 Å². The molecule has 3 aliphatic heterocycles. The third-order valence-corrected chi connectivity index (χ3v) is 6.23. The molecule has 5 rings (SSSR count). The molecule has 3 aliphatic rings. The first-order valence-electron chi connectivity index (χ1n) is 10.6. The Bertz CT molecular complexity index is 1060. The molecule has 0 spiro atoms. The third-order valence-electron chi connectivity index (χ3n) is 6.23. The summed E-state index contributed by atoms with van der Waals surface area (Å²) in [5.74, 6) is -0.266. The average Bonchev–Trinajstić information content (AvgIpc) is 3.40. The number of carbonyl (C=O) groups is 1. The molecule has 2 unspecified atom stereocenters. The summed E-state index contributed by atoms with van der Waals surface area (Å²) < 4.78 is 45.9. The number of nitrogens with one attached hydrogen (secondary N) is 3. The Balaban J connectivity index is 1.43. The number of amides is 1. The molecule has 0 bridgehead atoms. The van der Waals surface area contributed by atoms with E-state index in [9.17, 15) is 18.0 Å². The molecule has 2 fully saturated rings. The van der Waals surface area contributed by atoms with Gasteiger partial charge in [-0.3, -0.25) is 9.80 Å². The second-order valence-electron chi connectivity index (χ2n) is 8.39. The number of hydrogen-bond donors (Lipinski definition) is 3. The Morgan fingerprint density at radius 2 is 2.00 bits per heavy atom. The van der Waals surface area contributed by atoms with E-state index in [1.807, 2.05) is 5.01 Å². The molecular formula is C21H23F3N6O2. The second-order valence-corrected chi connectivity index (χ2v) is 8.39. The molecule has 32 heavy (non-hydrogen) atoms. The van der Waals surface area contributed by atoms with Gasteiger partial charge in [0.25, 0.3) is 5.89 Å². The molecule has 8 nitrogen and oxygen atoms in total. The number of halogens is 3. The summed E-state index contributed by atoms with van der Waals surface area (Å²) in [6.45, 7) is 3.79. The number of benzene rings is 1. The van der Waals surface area contributed by atoms with Gasteiger partial charge in [-0.15, -0.1) is 0 Å². The fourth-order valence-corrected chi connectivity index (χ4v) is 4.63. The summed E-state index contributed by atoms with van der Waals surface area (Å²) in [6.07, 6.45) is -1.52. The smallest absolute Gasteiger partial charge is 0.334 e. The molecule has 2 aromatic rings. The van der Waals surface area contributed by atoms with Gasteiger partial charge in [0.05, 0.1) is 17.0 Å². The fourth-order valence-electron chi connectivity index (χ4n) is 4.63. The van der Waals surface area contributed by atoms with Crippen LogP contribution in [-0.4, -0.2) is 46.9 Å². The van der Waals surface area contributed by atoms with Crippen molar-refractivity contribution in [2.75, 3.05) is 19.6 Å². The number of carbonyl (C=O) groups excluding carboxylic acids is 1. The lowest BCUT2D eigenvalue weighted by atomic mass is 9.92. The largest absolute Gasteiger partial charge is 0.417 e. The first-order valence-corrected chi connectivity index (χ1v) is 10.6. The van der Waals surface area contributed by atoms with Gasteiger partial charge in [-0.05, 0) is 45.0 Å². The highest BCUT2D eigenvalue weighted by Gasteiger charge is 2.44. The number of hydrogen-bond acceptors (Lipinski definition) is 7. The normalized spacial score (nSPS) is 24.3. The van der Waals surface area contributed by atoms with Crippen molar-refractivity contribution < 1.29 is 22.5 Å². The maximum atomic E-state index is 13.5. The minimum absolute atomic E-state index is 0.160. The van der Waals surface area contributed by atoms with E-state index in [1.54, 1.807) is 19.1 Å². The van der Waals surface area contributed by atoms with Gasteiger partial charge in [-0.25, -0.2) is 5.43 Å². The van der Waals surface area contributed by atoms with Gasteiger partial charge in [0, 0.05) is 24.2 Å². The van der Waals surface area contributed by atoms with Crippen molar-refractivity contribution in [3.05, 3.63) is 46.9 Å². The number of alkyl halides is 3. The van der Waals surface area contributed by atoms with Crippen molar-refractivity contribution in [3.8, 4) is 11.5 Å². The summed E-state index contributed by atoms with van der Waals surface area (Å²) in [7, 11) is 0. The summed E-state index contributed by atoms with van der Waals surface area (Å²) >= 11 is 0. The summed E-state index contributed by atoms with van der Waals surface area (Å²) in [5.41, 5.74) is 3.72. The maximum absolute atomic E-state index is 13.5. The van der Waals surface area contributed by atoms with Crippen molar-refractivity contribution in [2.24, 2.45) is 5.92 Å². The number of nitrogens with zero attached hydrogens (tertiary/aromatic N) is 3. The van der Waals surface area contributed by atoms with E-state index in [0.717, 1.165) is 37.7 Å². The zero-order chi connectivity index (χ0) is 22.5. The van der Waals surface area contributed by atoms with Gasteiger partial charge in [0.2, 0.25) is 5.91 Å². The van der Waals surface area contributed by atoms with E-state index in [1.165, 1.54) is 6.07 Å². The Morgan fingerprint density at radius 1 is 1.22 bits per heavy atom. The Labute approximate surface area is 182 Å². The Morgan fingerprint density at radius 3 is 2.75 bits per heavy atom. The standard InChI is InChI=1S/C21H23F3N6O2/c1-11-2-3-13(15(8-11)21(22,23)24)20-28-18(29-32-20)14-10-26-30-16(9-17(31)27-19(14)30)12-4-6-25-7-5-12/h2-3,8-9,12,14,19,25-26H,4-7,10H2,1H3,(H,27,31). The minimum Gasteiger partial charge on any atom is -0.334 e. The molecule has 2 atom stereocenters. The van der Waals surface area contributed by atoms with Crippen LogP contribution in [0.2, 0.25) is 0 Å². The molecular weight excluding hydrogens is 425 g/mol. The van der Waals surface area contributed by atoms with E-state index < -0.39 is 17.9 Å². The highest BCUT2D eigenvalue weighted by Crippen LogP contribution is 2.38. The highest BCUT2D eigenvalue weighted by atomic mass is 19.4. The van der Waals surface area contributed by atoms with E-state index >= 15 is 0 Å². The molecule has 1 aromatic heterocycles. The predicted octanol–water partition coefficient (Wildman–Crippen LogP) is 2.31. The van der Waals surface area contributed by atoms with Crippen LogP contribution in [0.15, 0.2) is 34.5 Å². The Hall–Kier alpha value is -2.92. The first kappa shape index (κ1) is 21.0. The zero-order valence-electron chi connectivity index (χ0n) is 17.4. The molecule has 1 aromatic carbocycles. The molecule has 0 saturated carbocycles. The van der Waals surface area contributed by atoms with Crippen LogP contribution < -0.4 is 16.1 Å². The first-order chi connectivity index (χ1) is 15.3. The van der Waals surface area contributed by atoms with Crippen LogP contribution in [0, 0.1) is 12.8 Å². The number of fused-ring (bicyclic) bond motifs is 1. The van der Waals surface area contributed by atoms with Gasteiger partial charge in [0.1, 0.15) is 6.17 Å². The number of rotatable bonds is 3. The number of aryl methyl sites for hydroxylation is 1. The minimum atomic E-state index is -4.55. The summed E-state index contributed by atoms with van der Waals surface area (Å²) in [6, 6.07) is 3.98. The van der Waals surface area contributed by atoms with Gasteiger partial charge in [-0.1, -0.05) is 16.8 Å². The SMILES string of the molecule is Cc1ccc(-c2nc(C3CNN4C(C5CCNCC5)=CC(=O)NC34)no2)c(C(F)(F)F)c1. The number of hydrazine groups is 1. The summed E-state index contributed by atoms with van der Waals surface area (Å²) in [5, 5.41) is 12.1. The van der Waals surface area contributed by atoms with Crippen molar-refractivity contribution in [1.82, 2.24) is 31.2 Å². The molecule has 2 saturated heterocycles. The van der Waals surface area contributed by atoms with Crippen LogP contribution in [0.1, 0.15) is 35.7 Å². The molecule has 1 amide bonds. The second kappa shape index (κ2) is 7.89. The number of allylic oxidation sites excluding steroid dienone is 1. The van der Waals surface area contributed by atoms with E-state index in [2.05, 4.69) is 26.2 Å². The van der Waals surface area contributed by atoms with Crippen molar-refractivity contribution in [1.29, 1.82) is 0 Å². The van der Waals surface area contributed by atoms with Gasteiger partial charge < -0.3 is 15.2 Å². The molecule has 0 aliphatic carbocycles. The number of aromatic nitrogens is 2. The van der Waals surface area contributed by atoms with Crippen molar-refractivity contribution >= 4 is 5.91 Å². The number of piperidine rings is 1. The summed E-state index contributed by atoms with van der Waals surface area (Å²) in [4.78, 5) is 16.7. The third kappa shape index (κ3) is 3.75. The lowest BCUT2D eigenvalue weighted by Gasteiger charge is -2.38. The average molecular weight is 448 g/mol. The molecule has 0 radical (unpaired) electrons. The van der Waals surface area contributed by atoms with E-state index in [-0.39, 0.29) is 35.0 Å². The van der Waals surface area contributed by atoms with Crippen LogP contribution in [0.4, 0.5) is 13.2 Å². The van der Waals surface area contributed by atoms with Gasteiger partial charge in [0.15, 0.2) is 5.82 Å². The van der Waals surface area contributed by atoms with Crippen LogP contribution >= 0.6 is 0 Å². The van der Waals surface area contributed by atoms with Crippen molar-refractivity contribution in [3.63, 3.8) is 0 Å². The molecule has 170 valence electrons. The predicted molar refractivity (Wildman–Crippen MR) is 108 cm³/mol. The monoisotopic (exact) mass is 448 g/mol. The van der Waals surface area contributed by atoms with Gasteiger partial charge >= 0.3 is 6.18 Å². The highest BCUT2D eigenvalue weighted by molar-refractivity contribution is 5.89. The maximum Gasteiger partial charge on any atom is 0.417 e.